The number of aliphatic imine (C=N–C) groups is 2. The minimum absolute atomic E-state index is 0.112. The number of benzene rings is 7. The van der Waals surface area contributed by atoms with Gasteiger partial charge in [0.1, 0.15) is 15.5 Å². The monoisotopic (exact) mass is 1940 g/mol. The predicted molar refractivity (Wildman–Crippen MR) is 528 cm³/mol. The number of pyridine rings is 5. The topological polar surface area (TPSA) is 342 Å². The lowest BCUT2D eigenvalue weighted by Crippen LogP contribution is -2.04. The Hall–Kier alpha value is -15.6. The second-order valence-corrected chi connectivity index (χ2v) is 34.0. The van der Waals surface area contributed by atoms with Crippen LogP contribution in [-0.2, 0) is 39.1 Å². The number of ketones is 1. The lowest BCUT2D eigenvalue weighted by molar-refractivity contribution is 0.101. The summed E-state index contributed by atoms with van der Waals surface area (Å²) in [6.45, 7) is 14.9. The number of halogens is 5. The van der Waals surface area contributed by atoms with Gasteiger partial charge in [0, 0.05) is 116 Å². The number of aromatic nitrogens is 21. The zero-order valence-corrected chi connectivity index (χ0v) is 77.4. The molecule has 2 N–H and O–H groups in total. The summed E-state index contributed by atoms with van der Waals surface area (Å²) in [4.78, 5) is 40.6. The molecule has 0 saturated carbocycles. The highest BCUT2D eigenvalue weighted by Gasteiger charge is 2.21. The highest BCUT2D eigenvalue weighted by atomic mass is 127. The van der Waals surface area contributed by atoms with Gasteiger partial charge in [-0.05, 0) is 248 Å². The summed E-state index contributed by atoms with van der Waals surface area (Å²) >= 11 is 25.2. The van der Waals surface area contributed by atoms with Crippen molar-refractivity contribution >= 4 is 148 Å². The van der Waals surface area contributed by atoms with Crippen molar-refractivity contribution in [2.24, 2.45) is 9.98 Å². The fourth-order valence-electron chi connectivity index (χ4n) is 15.2. The number of aryl methyl sites for hydroxylation is 5. The molecular formula is C101H77Cl4IN26O. The first-order valence-electron chi connectivity index (χ1n) is 41.8. The molecule has 20 aromatic rings. The lowest BCUT2D eigenvalue weighted by atomic mass is 10.1. The summed E-state index contributed by atoms with van der Waals surface area (Å²) in [5.41, 5.74) is 29.6. The summed E-state index contributed by atoms with van der Waals surface area (Å²) < 4.78 is 12.9. The van der Waals surface area contributed by atoms with E-state index >= 15 is 0 Å². The molecule has 0 radical (unpaired) electrons. The quantitative estimate of drug-likeness (QED) is 0.0652. The van der Waals surface area contributed by atoms with Gasteiger partial charge in [-0.15, -0.1) is 0 Å². The van der Waals surface area contributed by atoms with E-state index in [4.69, 9.17) is 82.4 Å². The van der Waals surface area contributed by atoms with Gasteiger partial charge in [-0.2, -0.15) is 56.6 Å². The summed E-state index contributed by atoms with van der Waals surface area (Å²) in [7, 11) is 0. The highest BCUT2D eigenvalue weighted by Crippen LogP contribution is 2.33. The fourth-order valence-corrected chi connectivity index (χ4v) is 16.6. The van der Waals surface area contributed by atoms with Gasteiger partial charge in [0.15, 0.2) is 5.78 Å². The summed E-state index contributed by atoms with van der Waals surface area (Å²) in [5.74, 6) is -0.112. The van der Waals surface area contributed by atoms with Crippen LogP contribution in [0, 0.1) is 72.2 Å². The molecule has 133 heavy (non-hydrogen) atoms. The van der Waals surface area contributed by atoms with E-state index in [2.05, 4.69) is 185 Å². The maximum atomic E-state index is 10.8. The van der Waals surface area contributed by atoms with E-state index in [1.807, 2.05) is 209 Å². The highest BCUT2D eigenvalue weighted by molar-refractivity contribution is 14.1. The van der Waals surface area contributed by atoms with Gasteiger partial charge < -0.3 is 0 Å². The summed E-state index contributed by atoms with van der Waals surface area (Å²) in [6, 6.07) is 69.4. The first kappa shape index (κ1) is 89.4. The molecule has 3 aliphatic rings. The van der Waals surface area contributed by atoms with Gasteiger partial charge in [-0.25, -0.2) is 29.0 Å². The smallest absolute Gasteiger partial charge is 0.162 e. The van der Waals surface area contributed by atoms with Crippen LogP contribution in [0.4, 0.5) is 0 Å². The third-order valence-corrected chi connectivity index (χ3v) is 23.9. The molecule has 0 spiro atoms. The van der Waals surface area contributed by atoms with Gasteiger partial charge in [-0.1, -0.05) is 113 Å². The number of aromatic amines is 2. The van der Waals surface area contributed by atoms with Crippen LogP contribution in [0.1, 0.15) is 113 Å². The van der Waals surface area contributed by atoms with Crippen LogP contribution in [0.3, 0.4) is 0 Å². The van der Waals surface area contributed by atoms with E-state index in [9.17, 15) is 4.79 Å². The van der Waals surface area contributed by atoms with Gasteiger partial charge in [0.05, 0.1) is 169 Å². The molecule has 0 atom stereocenters. The van der Waals surface area contributed by atoms with E-state index in [0.29, 0.717) is 62.4 Å². The van der Waals surface area contributed by atoms with Gasteiger partial charge in [-0.3, -0.25) is 49.0 Å². The molecule has 0 unspecified atom stereocenters. The van der Waals surface area contributed by atoms with Crippen molar-refractivity contribution in [3.8, 4) is 58.0 Å². The molecule has 0 saturated heterocycles. The Morgan fingerprint density at radius 2 is 0.910 bits per heavy atom. The van der Waals surface area contributed by atoms with Gasteiger partial charge in [0.25, 0.3) is 0 Å². The number of carbonyl (C=O) groups is 1. The van der Waals surface area contributed by atoms with Gasteiger partial charge >= 0.3 is 0 Å². The van der Waals surface area contributed by atoms with Crippen molar-refractivity contribution in [2.75, 3.05) is 0 Å². The Morgan fingerprint density at radius 3 is 1.44 bits per heavy atom. The van der Waals surface area contributed by atoms with E-state index in [0.717, 1.165) is 159 Å². The molecule has 0 amide bonds. The van der Waals surface area contributed by atoms with E-state index in [1.54, 1.807) is 37.1 Å². The molecule has 32 heteroatoms. The minimum Gasteiger partial charge on any atom is -0.294 e. The molecule has 652 valence electrons. The fraction of sp³-hybridized carbons (Fsp3) is 0.119. The maximum absolute atomic E-state index is 10.8. The largest absolute Gasteiger partial charge is 0.294 e. The Bertz CT molecular complexity index is 8010. The molecule has 1 aliphatic carbocycles. The Balaban J connectivity index is 0.000000114. The number of nitrogens with one attached hydrogen (secondary N) is 2. The number of nitrogens with zero attached hydrogens (tertiary/aromatic N) is 24. The van der Waals surface area contributed by atoms with Crippen LogP contribution in [0.25, 0.3) is 100 Å². The number of hydrogen-bond acceptors (Lipinski definition) is 19. The first-order chi connectivity index (χ1) is 64.6. The SMILES string of the molecule is CC(=O)c1cnc(Cl)cc1Cl.Cc1[nH]nc2cc(Cl)ncc12.Cc1ccnn1Cc1ccc(C#N)cc1.Cc1nn(-c2ccc3c(c2)CC=C3)c2cc(Cl)ncc12.Cc1nn(-c2ccc3c(c2)CN=C3)c2cc(-c3ccnn3Cc3ccc(C#N)cc3)ncc12.Cc1nn(-c2ccc3cn[nH]c3c2)c2cc(-c3ccnn3Cc3ccc(C#N)cc3)ncc12.Ic1ccc2c(c1)CN=C2. The number of fused-ring (bicyclic) bond motifs is 8. The zero-order chi connectivity index (χ0) is 92.3. The Morgan fingerprint density at radius 1 is 0.451 bits per heavy atom. The molecule has 0 fully saturated rings. The average molecular weight is 1940 g/mol. The lowest BCUT2D eigenvalue weighted by Gasteiger charge is -2.09. The molecule has 23 rings (SSSR count). The second kappa shape index (κ2) is 40.2. The zero-order valence-electron chi connectivity index (χ0n) is 72.3. The van der Waals surface area contributed by atoms with Gasteiger partial charge in [0.2, 0.25) is 0 Å². The molecular weight excluding hydrogens is 1860 g/mol. The number of carbonyl (C=O) groups excluding carboxylic acids is 1. The minimum atomic E-state index is -0.112. The Kier molecular flexibility index (Phi) is 27.0. The van der Waals surface area contributed by atoms with Crippen LogP contribution >= 0.6 is 69.0 Å². The number of rotatable bonds is 12. The van der Waals surface area contributed by atoms with E-state index in [1.165, 1.54) is 56.1 Å². The van der Waals surface area contributed by atoms with Crippen molar-refractivity contribution in [3.05, 3.63) is 381 Å². The van der Waals surface area contributed by atoms with Crippen LogP contribution in [0.2, 0.25) is 20.5 Å². The van der Waals surface area contributed by atoms with Crippen molar-refractivity contribution in [2.45, 2.75) is 80.7 Å². The Labute approximate surface area is 795 Å². The standard InChI is InChI=1S/C26H19N7.C25H18N8.C16H12ClN3.C12H11N3.C8H6IN.C7H5Cl2NO.C7H6ClN3/c1-17-23-15-29-24(25-8-9-30-32(25)16-19-4-2-18(12-27)3-5-19)11-26(23)33(31-17)22-7-6-20-13-28-14-21(20)10-22;1-16-21-14-27-23(24-8-9-29-32(24)15-18-4-2-17(12-26)3-5-18)11-25(21)33(31-16)20-7-6-19-13-28-30-22(19)10-20;1-10-14-9-18-16(17)8-15(14)20(19-10)13-6-5-11-3-2-4-12(11)7-13;1-10-6-7-14-15(10)9-12-4-2-11(8-13)3-5-12;9-8-2-1-6-4-10-5-7(6)3-8;1-4(11)5-3-10-7(9)2-6(5)8;1-4-5-3-9-7(8)2-6(5)11-10-4/h2-11,13,15H,14,16H2,1H3;2-11,13-14H,15H2,1H3,(H,28,30);2-3,5-9H,4H2,1H3;2-7H,9H2,1H3;1-4H,5H2;2-3H,1H3;2-3H,1H3,(H,10,11). The molecule has 13 aromatic heterocycles. The molecule has 0 bridgehead atoms. The van der Waals surface area contributed by atoms with E-state index in [-0.39, 0.29) is 5.78 Å². The number of hydrogen-bond donors (Lipinski definition) is 2. The third-order valence-electron chi connectivity index (χ3n) is 22.3. The molecule has 2 aliphatic heterocycles. The van der Waals surface area contributed by atoms with Crippen LogP contribution < -0.4 is 0 Å². The number of nitriles is 3. The average Bonchev–Trinajstić information content (AvgIpc) is 1.62. The molecule has 7 aromatic carbocycles. The first-order valence-corrected chi connectivity index (χ1v) is 44.4. The molecule has 27 nitrogen and oxygen atoms in total. The number of H-pyrrole nitrogens is 2. The maximum Gasteiger partial charge on any atom is 0.162 e. The summed E-state index contributed by atoms with van der Waals surface area (Å²) in [5, 5.41) is 74.9. The molecule has 15 heterocycles. The van der Waals surface area contributed by atoms with Crippen LogP contribution in [0.15, 0.2) is 266 Å². The number of Topliss-reactive ketones (excluding diaryl/α,β-unsaturated/α-hetero) is 1. The van der Waals surface area contributed by atoms with Crippen LogP contribution in [-0.4, -0.2) is 122 Å². The third kappa shape index (κ3) is 20.5. The normalized spacial score (nSPS) is 11.6. The van der Waals surface area contributed by atoms with Crippen LogP contribution in [0.5, 0.6) is 0 Å². The van der Waals surface area contributed by atoms with Crippen molar-refractivity contribution in [1.29, 1.82) is 15.8 Å². The second-order valence-electron chi connectivity index (χ2n) is 31.2. The predicted octanol–water partition coefficient (Wildman–Crippen LogP) is 21.6. The van der Waals surface area contributed by atoms with E-state index < -0.39 is 0 Å². The van der Waals surface area contributed by atoms with Crippen molar-refractivity contribution < 1.29 is 4.79 Å². The number of allylic oxidation sites excluding steroid dienone is 1. The van der Waals surface area contributed by atoms with Crippen molar-refractivity contribution in [1.82, 2.24) is 104 Å². The summed E-state index contributed by atoms with van der Waals surface area (Å²) in [6.07, 6.45) is 25.0. The van der Waals surface area contributed by atoms with Crippen molar-refractivity contribution in [3.63, 3.8) is 0 Å².